The Morgan fingerprint density at radius 1 is 1.56 bits per heavy atom. The fourth-order valence-corrected chi connectivity index (χ4v) is 2.40. The standard InChI is InChI=1S/C11H15BrN2O2/c1-7-3-2-4-8(5-7)16-11-9(12)10(15)13-6-14-11/h6-8H,2-5H2,1H3,(H,13,14,15). The summed E-state index contributed by atoms with van der Waals surface area (Å²) < 4.78 is 6.14. The van der Waals surface area contributed by atoms with Crippen molar-refractivity contribution in [3.63, 3.8) is 0 Å². The molecule has 16 heavy (non-hydrogen) atoms. The molecule has 2 unspecified atom stereocenters. The average molecular weight is 287 g/mol. The van der Waals surface area contributed by atoms with Crippen LogP contribution in [0.1, 0.15) is 32.6 Å². The van der Waals surface area contributed by atoms with Crippen molar-refractivity contribution < 1.29 is 4.74 Å². The van der Waals surface area contributed by atoms with Gasteiger partial charge in [-0.05, 0) is 41.1 Å². The van der Waals surface area contributed by atoms with Crippen LogP contribution in [-0.4, -0.2) is 16.1 Å². The molecule has 0 aromatic carbocycles. The van der Waals surface area contributed by atoms with Gasteiger partial charge in [0.25, 0.3) is 5.56 Å². The van der Waals surface area contributed by atoms with Gasteiger partial charge in [-0.2, -0.15) is 0 Å². The molecular formula is C11H15BrN2O2. The van der Waals surface area contributed by atoms with E-state index in [1.54, 1.807) is 0 Å². The Labute approximate surface area is 103 Å². The quantitative estimate of drug-likeness (QED) is 0.909. The Morgan fingerprint density at radius 3 is 3.12 bits per heavy atom. The second-order valence-electron chi connectivity index (χ2n) is 4.36. The summed E-state index contributed by atoms with van der Waals surface area (Å²) in [6.45, 7) is 2.23. The summed E-state index contributed by atoms with van der Waals surface area (Å²) in [5.74, 6) is 1.10. The highest BCUT2D eigenvalue weighted by Crippen LogP contribution is 2.28. The molecule has 0 saturated heterocycles. The Morgan fingerprint density at radius 2 is 2.38 bits per heavy atom. The molecule has 0 radical (unpaired) electrons. The van der Waals surface area contributed by atoms with Crippen molar-refractivity contribution in [2.24, 2.45) is 5.92 Å². The number of H-pyrrole nitrogens is 1. The minimum Gasteiger partial charge on any atom is -0.473 e. The third-order valence-electron chi connectivity index (χ3n) is 2.93. The zero-order chi connectivity index (χ0) is 11.5. The second kappa shape index (κ2) is 4.99. The van der Waals surface area contributed by atoms with Crippen molar-refractivity contribution in [2.45, 2.75) is 38.7 Å². The number of aromatic nitrogens is 2. The van der Waals surface area contributed by atoms with E-state index < -0.39 is 0 Å². The molecule has 1 saturated carbocycles. The Balaban J connectivity index is 2.08. The van der Waals surface area contributed by atoms with Gasteiger partial charge in [-0.3, -0.25) is 4.79 Å². The lowest BCUT2D eigenvalue weighted by Crippen LogP contribution is -2.25. The molecule has 1 aliphatic carbocycles. The van der Waals surface area contributed by atoms with Crippen LogP contribution >= 0.6 is 15.9 Å². The minimum absolute atomic E-state index is 0.189. The molecule has 1 aromatic heterocycles. The predicted molar refractivity (Wildman–Crippen MR) is 64.6 cm³/mol. The number of aromatic amines is 1. The topological polar surface area (TPSA) is 55.0 Å². The largest absolute Gasteiger partial charge is 0.473 e. The molecule has 88 valence electrons. The van der Waals surface area contributed by atoms with E-state index in [9.17, 15) is 4.79 Å². The van der Waals surface area contributed by atoms with E-state index in [-0.39, 0.29) is 11.7 Å². The van der Waals surface area contributed by atoms with Crippen LogP contribution in [0.25, 0.3) is 0 Å². The lowest BCUT2D eigenvalue weighted by atomic mass is 9.89. The fraction of sp³-hybridized carbons (Fsp3) is 0.636. The van der Waals surface area contributed by atoms with Gasteiger partial charge in [0.2, 0.25) is 5.88 Å². The van der Waals surface area contributed by atoms with Crippen LogP contribution in [0.5, 0.6) is 5.88 Å². The molecule has 0 amide bonds. The molecule has 0 bridgehead atoms. The molecule has 2 atom stereocenters. The van der Waals surface area contributed by atoms with Crippen molar-refractivity contribution >= 4 is 15.9 Å². The van der Waals surface area contributed by atoms with Crippen molar-refractivity contribution in [2.75, 3.05) is 0 Å². The number of hydrogen-bond donors (Lipinski definition) is 1. The van der Waals surface area contributed by atoms with Crippen LogP contribution in [0.2, 0.25) is 0 Å². The van der Waals surface area contributed by atoms with Crippen molar-refractivity contribution in [3.8, 4) is 5.88 Å². The van der Waals surface area contributed by atoms with Crippen LogP contribution < -0.4 is 10.3 Å². The van der Waals surface area contributed by atoms with E-state index in [1.807, 2.05) is 0 Å². The summed E-state index contributed by atoms with van der Waals surface area (Å²) in [7, 11) is 0. The zero-order valence-electron chi connectivity index (χ0n) is 9.20. The highest BCUT2D eigenvalue weighted by atomic mass is 79.9. The van der Waals surface area contributed by atoms with Crippen LogP contribution in [0.4, 0.5) is 0 Å². The number of rotatable bonds is 2. The van der Waals surface area contributed by atoms with Gasteiger partial charge in [0.05, 0.1) is 6.33 Å². The van der Waals surface area contributed by atoms with Crippen molar-refractivity contribution in [1.29, 1.82) is 0 Å². The molecule has 0 aliphatic heterocycles. The smallest absolute Gasteiger partial charge is 0.268 e. The average Bonchev–Trinajstić information content (AvgIpc) is 2.25. The fourth-order valence-electron chi connectivity index (χ4n) is 2.09. The van der Waals surface area contributed by atoms with E-state index in [1.165, 1.54) is 19.2 Å². The first-order valence-electron chi connectivity index (χ1n) is 5.56. The summed E-state index contributed by atoms with van der Waals surface area (Å²) in [6.07, 6.45) is 6.10. The molecule has 5 heteroatoms. The highest BCUT2D eigenvalue weighted by Gasteiger charge is 2.21. The lowest BCUT2D eigenvalue weighted by Gasteiger charge is -2.26. The van der Waals surface area contributed by atoms with E-state index in [4.69, 9.17) is 4.74 Å². The monoisotopic (exact) mass is 286 g/mol. The van der Waals surface area contributed by atoms with Crippen molar-refractivity contribution in [3.05, 3.63) is 21.2 Å². The zero-order valence-corrected chi connectivity index (χ0v) is 10.8. The Bertz CT molecular complexity index is 419. The van der Waals surface area contributed by atoms with E-state index >= 15 is 0 Å². The summed E-state index contributed by atoms with van der Waals surface area (Å²) in [4.78, 5) is 17.8. The molecule has 2 rings (SSSR count). The number of halogens is 1. The lowest BCUT2D eigenvalue weighted by molar-refractivity contribution is 0.122. The molecule has 1 aromatic rings. The first-order chi connectivity index (χ1) is 7.66. The predicted octanol–water partition coefficient (Wildman–Crippen LogP) is 2.49. The summed E-state index contributed by atoms with van der Waals surface area (Å²) in [6, 6.07) is 0. The van der Waals surface area contributed by atoms with E-state index in [0.29, 0.717) is 16.3 Å². The number of nitrogens with one attached hydrogen (secondary N) is 1. The van der Waals surface area contributed by atoms with Crippen LogP contribution in [0, 0.1) is 5.92 Å². The molecule has 1 N–H and O–H groups in total. The maximum absolute atomic E-state index is 11.3. The highest BCUT2D eigenvalue weighted by molar-refractivity contribution is 9.10. The number of hydrogen-bond acceptors (Lipinski definition) is 3. The summed E-state index contributed by atoms with van der Waals surface area (Å²) in [5.41, 5.74) is -0.200. The van der Waals surface area contributed by atoms with Gasteiger partial charge in [-0.15, -0.1) is 0 Å². The van der Waals surface area contributed by atoms with Crippen molar-refractivity contribution in [1.82, 2.24) is 9.97 Å². The summed E-state index contributed by atoms with van der Waals surface area (Å²) >= 11 is 3.19. The Kier molecular flexibility index (Phi) is 3.63. The second-order valence-corrected chi connectivity index (χ2v) is 5.16. The van der Waals surface area contributed by atoms with Gasteiger partial charge < -0.3 is 9.72 Å². The first-order valence-corrected chi connectivity index (χ1v) is 6.36. The van der Waals surface area contributed by atoms with Gasteiger partial charge in [0, 0.05) is 0 Å². The van der Waals surface area contributed by atoms with Crippen LogP contribution in [-0.2, 0) is 0 Å². The van der Waals surface area contributed by atoms with Gasteiger partial charge in [0.15, 0.2) is 0 Å². The molecule has 4 nitrogen and oxygen atoms in total. The molecular weight excluding hydrogens is 272 g/mol. The molecule has 1 fully saturated rings. The molecule has 0 spiro atoms. The van der Waals surface area contributed by atoms with Gasteiger partial charge in [-0.25, -0.2) is 4.98 Å². The third kappa shape index (κ3) is 2.64. The molecule has 1 aliphatic rings. The third-order valence-corrected chi connectivity index (χ3v) is 3.63. The van der Waals surface area contributed by atoms with Crippen LogP contribution in [0.3, 0.4) is 0 Å². The minimum atomic E-state index is -0.200. The van der Waals surface area contributed by atoms with E-state index in [2.05, 4.69) is 32.8 Å². The number of ether oxygens (including phenoxy) is 1. The maximum Gasteiger partial charge on any atom is 0.268 e. The van der Waals surface area contributed by atoms with Crippen LogP contribution in [0.15, 0.2) is 15.6 Å². The van der Waals surface area contributed by atoms with Gasteiger partial charge in [-0.1, -0.05) is 13.3 Å². The first kappa shape index (κ1) is 11.6. The van der Waals surface area contributed by atoms with E-state index in [0.717, 1.165) is 12.8 Å². The Hall–Kier alpha value is -0.840. The summed E-state index contributed by atoms with van der Waals surface area (Å²) in [5, 5.41) is 0. The normalized spacial score (nSPS) is 25.4. The SMILES string of the molecule is CC1CCCC(Oc2nc[nH]c(=O)c2Br)C1. The number of nitrogens with zero attached hydrogens (tertiary/aromatic N) is 1. The maximum atomic E-state index is 11.3. The van der Waals surface area contributed by atoms with Gasteiger partial charge >= 0.3 is 0 Å². The molecule has 1 heterocycles. The van der Waals surface area contributed by atoms with Gasteiger partial charge in [0.1, 0.15) is 10.6 Å².